The Morgan fingerprint density at radius 1 is 0.235 bits per heavy atom. The zero-order valence-corrected chi connectivity index (χ0v) is 45.6. The maximum atomic E-state index is 2.43. The first-order chi connectivity index (χ1) is 40.0. The first-order valence-corrected chi connectivity index (χ1v) is 28.5. The highest BCUT2D eigenvalue weighted by Gasteiger charge is 2.45. The lowest BCUT2D eigenvalue weighted by Crippen LogP contribution is -2.55. The summed E-state index contributed by atoms with van der Waals surface area (Å²) in [6, 6.07) is 99.4. The van der Waals surface area contributed by atoms with Gasteiger partial charge in [-0.1, -0.05) is 222 Å². The molecule has 0 amide bonds. The molecule has 0 N–H and O–H groups in total. The van der Waals surface area contributed by atoms with E-state index in [1.807, 2.05) is 0 Å². The number of para-hydroxylation sites is 6. The highest BCUT2D eigenvalue weighted by atomic mass is 15.2. The topological polar surface area (TPSA) is 9.72 Å². The van der Waals surface area contributed by atoms with Crippen molar-refractivity contribution in [2.45, 2.75) is 20.8 Å². The molecule has 0 aliphatic carbocycles. The maximum Gasteiger partial charge on any atom is 0.248 e. The Bertz CT molecular complexity index is 4460. The summed E-state index contributed by atoms with van der Waals surface area (Å²) < 4.78 is 0. The smallest absolute Gasteiger partial charge is 0.248 e. The second-order valence-corrected chi connectivity index (χ2v) is 22.4. The van der Waals surface area contributed by atoms with Crippen LogP contribution in [0.1, 0.15) is 16.7 Å². The summed E-state index contributed by atoms with van der Waals surface area (Å²) in [5.41, 5.74) is 36.7. The zero-order valence-electron chi connectivity index (χ0n) is 45.6. The normalized spacial score (nSPS) is 13.2. The summed E-state index contributed by atoms with van der Waals surface area (Å²) in [6.07, 6.45) is 0. The predicted molar refractivity (Wildman–Crippen MR) is 348 cm³/mol. The number of hydrogen-bond donors (Lipinski definition) is 0. The molecule has 18 rings (SSSR count). The van der Waals surface area contributed by atoms with Crippen molar-refractivity contribution in [3.8, 4) is 33.4 Å². The standard InChI is InChI=1S/3C25H18BN/c1-17-9-7-12-19-20-13-8-16-23-25(20)26(24(17)19)21-14-5-6-15-22(21)27(23)18-10-3-2-4-11-18;1-17-15-20-19-11-5-6-12-21(19)26-22-13-7-8-14-23(22)27(24(16-17)25(20)26)18-9-3-2-4-10-18;1-17-15-16-23-25-24(17)19-11-5-6-12-20(19)26(25)21-13-7-8-14-22(21)27(23)18-9-3-2-4-10-18/h3*2-16H,1H3. The van der Waals surface area contributed by atoms with Crippen LogP contribution in [0.15, 0.2) is 273 Å². The van der Waals surface area contributed by atoms with E-state index in [0.717, 1.165) is 0 Å². The summed E-state index contributed by atoms with van der Waals surface area (Å²) in [7, 11) is 0. The lowest BCUT2D eigenvalue weighted by Gasteiger charge is -2.36. The van der Waals surface area contributed by atoms with Crippen LogP contribution >= 0.6 is 0 Å². The summed E-state index contributed by atoms with van der Waals surface area (Å²) in [5.74, 6) is 0. The molecule has 6 aliphatic rings. The number of anilines is 9. The molecular formula is C75H54B3N3. The molecule has 12 aromatic carbocycles. The summed E-state index contributed by atoms with van der Waals surface area (Å²) in [6.45, 7) is 7.66. The highest BCUT2D eigenvalue weighted by molar-refractivity contribution is 7.03. The molecule has 0 radical (unpaired) electrons. The van der Waals surface area contributed by atoms with Gasteiger partial charge in [0.2, 0.25) is 20.1 Å². The van der Waals surface area contributed by atoms with Crippen LogP contribution in [0, 0.1) is 20.8 Å². The molecule has 0 saturated carbocycles. The fraction of sp³-hybridized carbons (Fsp3) is 0.0400. The minimum absolute atomic E-state index is 0.322. The van der Waals surface area contributed by atoms with Gasteiger partial charge >= 0.3 is 0 Å². The third kappa shape index (κ3) is 7.12. The molecule has 0 aromatic heterocycles. The number of nitrogens with zero attached hydrogens (tertiary/aromatic N) is 3. The fourth-order valence-electron chi connectivity index (χ4n) is 14.8. The summed E-state index contributed by atoms with van der Waals surface area (Å²) >= 11 is 0. The lowest BCUT2D eigenvalue weighted by molar-refractivity contribution is 1.28. The van der Waals surface area contributed by atoms with Crippen LogP contribution in [0.3, 0.4) is 0 Å². The second-order valence-electron chi connectivity index (χ2n) is 22.4. The molecule has 6 heteroatoms. The fourth-order valence-corrected chi connectivity index (χ4v) is 14.8. The van der Waals surface area contributed by atoms with Crippen LogP contribution in [0.4, 0.5) is 51.2 Å². The van der Waals surface area contributed by atoms with Gasteiger partial charge in [-0.3, -0.25) is 0 Å². The molecule has 0 atom stereocenters. The van der Waals surface area contributed by atoms with E-state index in [4.69, 9.17) is 0 Å². The first kappa shape index (κ1) is 47.3. The summed E-state index contributed by atoms with van der Waals surface area (Å²) in [4.78, 5) is 7.28. The van der Waals surface area contributed by atoms with Crippen molar-refractivity contribution in [3.05, 3.63) is 290 Å². The Hall–Kier alpha value is -9.77. The van der Waals surface area contributed by atoms with Crippen LogP contribution in [-0.4, -0.2) is 20.1 Å². The van der Waals surface area contributed by atoms with E-state index in [1.165, 1.54) is 150 Å². The average molecular weight is 1030 g/mol. The van der Waals surface area contributed by atoms with Crippen LogP contribution in [0.2, 0.25) is 0 Å². The molecule has 0 fully saturated rings. The molecule has 0 saturated heterocycles. The largest absolute Gasteiger partial charge is 0.312 e. The van der Waals surface area contributed by atoms with Crippen molar-refractivity contribution >= 4 is 120 Å². The number of benzene rings is 12. The molecule has 81 heavy (non-hydrogen) atoms. The Kier molecular flexibility index (Phi) is 10.9. The van der Waals surface area contributed by atoms with Gasteiger partial charge in [0.1, 0.15) is 0 Å². The summed E-state index contributed by atoms with van der Waals surface area (Å²) in [5, 5.41) is 0. The number of hydrogen-bond acceptors (Lipinski definition) is 3. The van der Waals surface area contributed by atoms with Crippen LogP contribution < -0.4 is 63.9 Å². The van der Waals surface area contributed by atoms with Crippen molar-refractivity contribution in [2.75, 3.05) is 14.7 Å². The maximum absolute atomic E-state index is 2.43. The monoisotopic (exact) mass is 1030 g/mol. The number of fused-ring (bicyclic) bond motifs is 15. The third-order valence-electron chi connectivity index (χ3n) is 17.9. The van der Waals surface area contributed by atoms with Gasteiger partial charge in [0, 0.05) is 51.2 Å². The van der Waals surface area contributed by atoms with E-state index in [-0.39, 0.29) is 0 Å². The molecule has 12 aromatic rings. The molecule has 378 valence electrons. The highest BCUT2D eigenvalue weighted by Crippen LogP contribution is 2.44. The zero-order chi connectivity index (χ0) is 53.9. The molecule has 0 spiro atoms. The second kappa shape index (κ2) is 18.7. The van der Waals surface area contributed by atoms with E-state index in [1.54, 1.807) is 0 Å². The number of rotatable bonds is 3. The molecule has 0 bridgehead atoms. The van der Waals surface area contributed by atoms with Gasteiger partial charge in [-0.25, -0.2) is 0 Å². The Morgan fingerprint density at radius 3 is 1.21 bits per heavy atom. The van der Waals surface area contributed by atoms with E-state index in [9.17, 15) is 0 Å². The minimum Gasteiger partial charge on any atom is -0.312 e. The van der Waals surface area contributed by atoms with E-state index >= 15 is 0 Å². The third-order valence-corrected chi connectivity index (χ3v) is 17.9. The van der Waals surface area contributed by atoms with Gasteiger partial charge in [0.15, 0.2) is 0 Å². The van der Waals surface area contributed by atoms with E-state index < -0.39 is 0 Å². The van der Waals surface area contributed by atoms with Gasteiger partial charge in [-0.15, -0.1) is 0 Å². The van der Waals surface area contributed by atoms with E-state index in [0.29, 0.717) is 20.1 Å². The van der Waals surface area contributed by atoms with Crippen molar-refractivity contribution in [1.29, 1.82) is 0 Å². The van der Waals surface area contributed by atoms with Gasteiger partial charge in [-0.2, -0.15) is 0 Å². The number of aryl methyl sites for hydroxylation is 3. The molecule has 0 unspecified atom stereocenters. The van der Waals surface area contributed by atoms with Gasteiger partial charge < -0.3 is 14.7 Å². The molecule has 6 aliphatic heterocycles. The van der Waals surface area contributed by atoms with Gasteiger partial charge in [0.05, 0.1) is 0 Å². The molecular weight excluding hydrogens is 975 g/mol. The Labute approximate surface area is 476 Å². The van der Waals surface area contributed by atoms with Crippen LogP contribution in [0.5, 0.6) is 0 Å². The molecule has 3 nitrogen and oxygen atoms in total. The quantitative estimate of drug-likeness (QED) is 0.163. The van der Waals surface area contributed by atoms with Gasteiger partial charge in [-0.05, 0) is 171 Å². The van der Waals surface area contributed by atoms with Crippen molar-refractivity contribution in [2.24, 2.45) is 0 Å². The first-order valence-electron chi connectivity index (χ1n) is 28.5. The van der Waals surface area contributed by atoms with Crippen LogP contribution in [-0.2, 0) is 0 Å². The predicted octanol–water partition coefficient (Wildman–Crippen LogP) is 12.8. The molecule has 6 heterocycles. The van der Waals surface area contributed by atoms with Crippen LogP contribution in [0.25, 0.3) is 33.4 Å². The Morgan fingerprint density at radius 2 is 0.630 bits per heavy atom. The van der Waals surface area contributed by atoms with E-state index in [2.05, 4.69) is 308 Å². The van der Waals surface area contributed by atoms with Gasteiger partial charge in [0.25, 0.3) is 0 Å². The van der Waals surface area contributed by atoms with Crippen molar-refractivity contribution in [1.82, 2.24) is 0 Å². The van der Waals surface area contributed by atoms with Crippen molar-refractivity contribution in [3.63, 3.8) is 0 Å². The Balaban J connectivity index is 0.000000100. The SMILES string of the molecule is Cc1cc2c3c(c1)N(c1ccccc1)c1ccccc1B3c1ccccc1-2.Cc1ccc2c3c1-c1ccccc1B3c1ccccc1N2c1ccccc1.Cc1cccc2c1B1c3ccccc3N(c3ccccc3)c3cccc-2c31. The lowest BCUT2D eigenvalue weighted by atomic mass is 9.36. The average Bonchev–Trinajstić information content (AvgIpc) is 4.39. The van der Waals surface area contributed by atoms with Crippen molar-refractivity contribution < 1.29 is 0 Å². The minimum atomic E-state index is 0.322.